The monoisotopic (exact) mass is 468 g/mol. The molecule has 0 bridgehead atoms. The number of aromatic nitrogens is 3. The summed E-state index contributed by atoms with van der Waals surface area (Å²) in [5.41, 5.74) is 7.58. The van der Waals surface area contributed by atoms with Gasteiger partial charge in [-0.3, -0.25) is 9.58 Å². The number of para-hydroxylation sites is 1. The number of fused-ring (bicyclic) bond motifs is 2. The number of carbonyl (C=O) groups excluding carboxylic acids is 1. The summed E-state index contributed by atoms with van der Waals surface area (Å²) in [6.45, 7) is 4.83. The Morgan fingerprint density at radius 2 is 2.17 bits per heavy atom. The Hall–Kier alpha value is -3.64. The first-order valence-electron chi connectivity index (χ1n) is 12.3. The van der Waals surface area contributed by atoms with Crippen LogP contribution >= 0.6 is 0 Å². The number of aryl methyl sites for hydroxylation is 2. The fraction of sp³-hybridized carbons (Fsp3) is 0.310. The molecule has 0 fully saturated rings. The smallest absolute Gasteiger partial charge is 0.330 e. The van der Waals surface area contributed by atoms with Gasteiger partial charge < -0.3 is 9.72 Å². The van der Waals surface area contributed by atoms with Crippen molar-refractivity contribution in [3.8, 4) is 0 Å². The van der Waals surface area contributed by atoms with Crippen molar-refractivity contribution in [2.45, 2.75) is 45.3 Å². The number of benzene rings is 2. The third-order valence-corrected chi connectivity index (χ3v) is 7.01. The molecule has 2 aromatic heterocycles. The van der Waals surface area contributed by atoms with Gasteiger partial charge in [0.1, 0.15) is 0 Å². The van der Waals surface area contributed by atoms with Crippen molar-refractivity contribution in [3.63, 3.8) is 0 Å². The van der Waals surface area contributed by atoms with Gasteiger partial charge in [0.25, 0.3) is 0 Å². The average Bonchev–Trinajstić information content (AvgIpc) is 3.63. The van der Waals surface area contributed by atoms with Crippen LogP contribution in [-0.4, -0.2) is 39.3 Å². The van der Waals surface area contributed by atoms with E-state index >= 15 is 0 Å². The molecule has 2 heterocycles. The average molecular weight is 469 g/mol. The molecule has 6 heteroatoms. The number of hydrogen-bond acceptors (Lipinski definition) is 4. The van der Waals surface area contributed by atoms with Crippen molar-refractivity contribution in [1.82, 2.24) is 19.7 Å². The van der Waals surface area contributed by atoms with Crippen LogP contribution in [0.15, 0.2) is 67.1 Å². The molecule has 6 nitrogen and oxygen atoms in total. The molecule has 0 saturated heterocycles. The van der Waals surface area contributed by atoms with E-state index in [2.05, 4.69) is 76.8 Å². The van der Waals surface area contributed by atoms with Crippen LogP contribution in [0.3, 0.4) is 0 Å². The van der Waals surface area contributed by atoms with Crippen LogP contribution in [0.25, 0.3) is 17.0 Å². The molecule has 0 radical (unpaired) electrons. The number of rotatable bonds is 9. The number of ether oxygens (including phenoxy) is 1. The predicted molar refractivity (Wildman–Crippen MR) is 139 cm³/mol. The summed E-state index contributed by atoms with van der Waals surface area (Å²) in [5, 5.41) is 5.81. The molecule has 1 N–H and O–H groups in total. The van der Waals surface area contributed by atoms with E-state index in [4.69, 9.17) is 4.74 Å². The lowest BCUT2D eigenvalue weighted by atomic mass is 10.0. The zero-order chi connectivity index (χ0) is 24.2. The Labute approximate surface area is 206 Å². The van der Waals surface area contributed by atoms with Gasteiger partial charge in [0, 0.05) is 60.6 Å². The largest absolute Gasteiger partial charge is 0.466 e. The van der Waals surface area contributed by atoms with Crippen LogP contribution in [0.1, 0.15) is 47.2 Å². The van der Waals surface area contributed by atoms with E-state index in [0.29, 0.717) is 6.04 Å². The van der Waals surface area contributed by atoms with Crippen molar-refractivity contribution < 1.29 is 9.53 Å². The summed E-state index contributed by atoms with van der Waals surface area (Å²) >= 11 is 0. The Bertz CT molecular complexity index is 1350. The van der Waals surface area contributed by atoms with E-state index in [9.17, 15) is 4.79 Å². The lowest BCUT2D eigenvalue weighted by Crippen LogP contribution is -2.29. The maximum absolute atomic E-state index is 11.5. The number of H-pyrrole nitrogens is 1. The van der Waals surface area contributed by atoms with Crippen LogP contribution in [0.2, 0.25) is 0 Å². The zero-order valence-electron chi connectivity index (χ0n) is 20.4. The molecule has 1 unspecified atom stereocenters. The van der Waals surface area contributed by atoms with Crippen molar-refractivity contribution in [3.05, 3.63) is 94.9 Å². The van der Waals surface area contributed by atoms with Gasteiger partial charge in [0.15, 0.2) is 0 Å². The minimum Gasteiger partial charge on any atom is -0.466 e. The molecule has 5 rings (SSSR count). The van der Waals surface area contributed by atoms with E-state index < -0.39 is 0 Å². The topological polar surface area (TPSA) is 63.2 Å². The Morgan fingerprint density at radius 1 is 1.29 bits per heavy atom. The highest BCUT2D eigenvalue weighted by atomic mass is 16.5. The lowest BCUT2D eigenvalue weighted by Gasteiger charge is -2.29. The number of methoxy groups -OCH3 is 1. The van der Waals surface area contributed by atoms with Gasteiger partial charge in [-0.05, 0) is 60.6 Å². The normalized spacial score (nSPS) is 15.3. The Kier molecular flexibility index (Phi) is 6.82. The van der Waals surface area contributed by atoms with Crippen molar-refractivity contribution >= 4 is 22.9 Å². The first-order valence-corrected chi connectivity index (χ1v) is 12.3. The molecular formula is C29H32N4O2. The summed E-state index contributed by atoms with van der Waals surface area (Å²) in [6, 6.07) is 15.4. The second kappa shape index (κ2) is 10.3. The minimum atomic E-state index is -0.334. The molecule has 0 aliphatic heterocycles. The number of nitrogens with zero attached hydrogens (tertiary/aromatic N) is 3. The molecule has 1 aliphatic rings. The highest BCUT2D eigenvalue weighted by Crippen LogP contribution is 2.37. The molecule has 0 spiro atoms. The highest BCUT2D eigenvalue weighted by Gasteiger charge is 2.28. The standard InChI is InChI=1S/C29H32N4O2/c1-3-33-20-22(17-31-33)19-32(15-14-24-18-30-27-7-5-4-6-25(24)27)28-12-10-23-16-21(8-11-26(23)28)9-13-29(34)35-2/h4-9,11,13,16-18,20,28,30H,3,10,12,14-15,19H2,1-2H3/b13-9+. The van der Waals surface area contributed by atoms with Crippen molar-refractivity contribution in [2.24, 2.45) is 0 Å². The number of esters is 1. The molecule has 1 aliphatic carbocycles. The summed E-state index contributed by atoms with van der Waals surface area (Å²) in [7, 11) is 1.40. The summed E-state index contributed by atoms with van der Waals surface area (Å²) < 4.78 is 6.72. The fourth-order valence-electron chi connectivity index (χ4n) is 5.17. The van der Waals surface area contributed by atoms with Crippen molar-refractivity contribution in [2.75, 3.05) is 13.7 Å². The maximum Gasteiger partial charge on any atom is 0.330 e. The Balaban J connectivity index is 1.39. The second-order valence-electron chi connectivity index (χ2n) is 9.15. The molecule has 35 heavy (non-hydrogen) atoms. The third kappa shape index (κ3) is 5.08. The lowest BCUT2D eigenvalue weighted by molar-refractivity contribution is -0.134. The van der Waals surface area contributed by atoms with Gasteiger partial charge >= 0.3 is 5.97 Å². The van der Waals surface area contributed by atoms with Crippen LogP contribution in [0.4, 0.5) is 0 Å². The Morgan fingerprint density at radius 3 is 3.00 bits per heavy atom. The first-order chi connectivity index (χ1) is 17.1. The van der Waals surface area contributed by atoms with Crippen molar-refractivity contribution in [1.29, 1.82) is 0 Å². The predicted octanol–water partition coefficient (Wildman–Crippen LogP) is 5.30. The van der Waals surface area contributed by atoms with Crippen LogP contribution in [0, 0.1) is 0 Å². The number of aromatic amines is 1. The van der Waals surface area contributed by atoms with E-state index in [1.54, 1.807) is 0 Å². The molecular weight excluding hydrogens is 436 g/mol. The van der Waals surface area contributed by atoms with Gasteiger partial charge in [-0.15, -0.1) is 0 Å². The van der Waals surface area contributed by atoms with Gasteiger partial charge in [0.05, 0.1) is 13.3 Å². The van der Waals surface area contributed by atoms with E-state index in [-0.39, 0.29) is 5.97 Å². The van der Waals surface area contributed by atoms with Gasteiger partial charge in [-0.25, -0.2) is 4.79 Å². The van der Waals surface area contributed by atoms with Crippen LogP contribution < -0.4 is 0 Å². The van der Waals surface area contributed by atoms with Gasteiger partial charge in [-0.1, -0.05) is 36.4 Å². The fourth-order valence-corrected chi connectivity index (χ4v) is 5.17. The molecule has 0 amide bonds. The van der Waals surface area contributed by atoms with Crippen LogP contribution in [0.5, 0.6) is 0 Å². The molecule has 180 valence electrons. The molecule has 1 atom stereocenters. The van der Waals surface area contributed by atoms with E-state index in [0.717, 1.165) is 44.5 Å². The second-order valence-corrected chi connectivity index (χ2v) is 9.15. The third-order valence-electron chi connectivity index (χ3n) is 7.01. The quantitative estimate of drug-likeness (QED) is 0.267. The summed E-state index contributed by atoms with van der Waals surface area (Å²) in [4.78, 5) is 17.5. The molecule has 2 aromatic carbocycles. The highest BCUT2D eigenvalue weighted by molar-refractivity contribution is 5.87. The summed E-state index contributed by atoms with van der Waals surface area (Å²) in [5.74, 6) is -0.334. The SMILES string of the molecule is CCn1cc(CN(CCc2c[nH]c3ccccc23)C2CCc3cc(/C=C/C(=O)OC)ccc32)cn1. The number of nitrogens with one attached hydrogen (secondary N) is 1. The molecule has 4 aromatic rings. The van der Waals surface area contributed by atoms with Crippen LogP contribution in [-0.2, 0) is 35.5 Å². The maximum atomic E-state index is 11.5. The molecule has 0 saturated carbocycles. The van der Waals surface area contributed by atoms with E-state index in [1.165, 1.54) is 46.3 Å². The van der Waals surface area contributed by atoms with Gasteiger partial charge in [-0.2, -0.15) is 5.10 Å². The number of hydrogen-bond donors (Lipinski definition) is 1. The summed E-state index contributed by atoms with van der Waals surface area (Å²) in [6.07, 6.45) is 12.7. The van der Waals surface area contributed by atoms with E-state index in [1.807, 2.05) is 17.0 Å². The minimum absolute atomic E-state index is 0.334. The van der Waals surface area contributed by atoms with Gasteiger partial charge in [0.2, 0.25) is 0 Å². The number of carbonyl (C=O) groups is 1. The zero-order valence-corrected chi connectivity index (χ0v) is 20.4. The first kappa shape index (κ1) is 23.1.